The number of benzene rings is 1. The van der Waals surface area contributed by atoms with Crippen LogP contribution in [0.4, 0.5) is 4.79 Å². The number of urea groups is 1. The van der Waals surface area contributed by atoms with Crippen molar-refractivity contribution in [2.45, 2.75) is 13.0 Å². The van der Waals surface area contributed by atoms with Crippen LogP contribution in [0, 0.1) is 0 Å². The Bertz CT molecular complexity index is 446. The van der Waals surface area contributed by atoms with Crippen molar-refractivity contribution >= 4 is 6.03 Å². The van der Waals surface area contributed by atoms with Crippen LogP contribution in [0.3, 0.4) is 0 Å². The predicted octanol–water partition coefficient (Wildman–Crippen LogP) is 2.25. The van der Waals surface area contributed by atoms with Crippen molar-refractivity contribution in [3.05, 3.63) is 36.4 Å². The third kappa shape index (κ3) is 4.21. The standard InChI is InChI=1S/C14H20N2O3/c1-5-8-15-14(17)16-10(2)12-9-11(18-3)6-7-13(12)19-4/h5-7,9-10H,1,8H2,2-4H3,(H2,15,16,17). The van der Waals surface area contributed by atoms with Gasteiger partial charge in [0.25, 0.3) is 0 Å². The van der Waals surface area contributed by atoms with Crippen LogP contribution in [-0.2, 0) is 0 Å². The van der Waals surface area contributed by atoms with Gasteiger partial charge >= 0.3 is 6.03 Å². The van der Waals surface area contributed by atoms with Gasteiger partial charge in [-0.1, -0.05) is 6.08 Å². The Morgan fingerprint density at radius 2 is 2.16 bits per heavy atom. The summed E-state index contributed by atoms with van der Waals surface area (Å²) in [5.41, 5.74) is 0.857. The molecule has 0 spiro atoms. The fourth-order valence-electron chi connectivity index (χ4n) is 1.67. The molecule has 0 radical (unpaired) electrons. The summed E-state index contributed by atoms with van der Waals surface area (Å²) in [6.45, 7) is 5.85. The highest BCUT2D eigenvalue weighted by Gasteiger charge is 2.14. The summed E-state index contributed by atoms with van der Waals surface area (Å²) < 4.78 is 10.5. The van der Waals surface area contributed by atoms with E-state index in [1.165, 1.54) is 0 Å². The number of methoxy groups -OCH3 is 2. The minimum Gasteiger partial charge on any atom is -0.497 e. The maximum absolute atomic E-state index is 11.6. The van der Waals surface area contributed by atoms with E-state index in [0.29, 0.717) is 12.3 Å². The second-order valence-corrected chi connectivity index (χ2v) is 3.97. The molecule has 19 heavy (non-hydrogen) atoms. The van der Waals surface area contributed by atoms with Gasteiger partial charge < -0.3 is 20.1 Å². The fourth-order valence-corrected chi connectivity index (χ4v) is 1.67. The van der Waals surface area contributed by atoms with Gasteiger partial charge in [-0.2, -0.15) is 0 Å². The number of hydrogen-bond acceptors (Lipinski definition) is 3. The Balaban J connectivity index is 2.82. The zero-order valence-corrected chi connectivity index (χ0v) is 11.5. The maximum Gasteiger partial charge on any atom is 0.315 e. The summed E-state index contributed by atoms with van der Waals surface area (Å²) in [7, 11) is 3.19. The highest BCUT2D eigenvalue weighted by atomic mass is 16.5. The van der Waals surface area contributed by atoms with Crippen LogP contribution in [0.2, 0.25) is 0 Å². The highest BCUT2D eigenvalue weighted by molar-refractivity contribution is 5.74. The molecule has 5 heteroatoms. The first kappa shape index (κ1) is 14.9. The lowest BCUT2D eigenvalue weighted by Crippen LogP contribution is -2.37. The first-order valence-electron chi connectivity index (χ1n) is 5.99. The van der Waals surface area contributed by atoms with Crippen molar-refractivity contribution in [1.29, 1.82) is 0 Å². The normalized spacial score (nSPS) is 11.3. The summed E-state index contributed by atoms with van der Waals surface area (Å²) in [5.74, 6) is 1.42. The zero-order chi connectivity index (χ0) is 14.3. The van der Waals surface area contributed by atoms with E-state index in [9.17, 15) is 4.79 Å². The molecule has 1 aromatic rings. The van der Waals surface area contributed by atoms with Gasteiger partial charge in [0.05, 0.1) is 20.3 Å². The van der Waals surface area contributed by atoms with Crippen molar-refractivity contribution in [3.63, 3.8) is 0 Å². The SMILES string of the molecule is C=CCNC(=O)NC(C)c1cc(OC)ccc1OC. The highest BCUT2D eigenvalue weighted by Crippen LogP contribution is 2.29. The van der Waals surface area contributed by atoms with Gasteiger partial charge in [-0.15, -0.1) is 6.58 Å². The van der Waals surface area contributed by atoms with E-state index in [1.807, 2.05) is 25.1 Å². The molecular formula is C14H20N2O3. The van der Waals surface area contributed by atoms with E-state index in [0.717, 1.165) is 11.3 Å². The van der Waals surface area contributed by atoms with E-state index in [4.69, 9.17) is 9.47 Å². The molecule has 2 amide bonds. The van der Waals surface area contributed by atoms with Crippen LogP contribution in [0.15, 0.2) is 30.9 Å². The van der Waals surface area contributed by atoms with E-state index < -0.39 is 0 Å². The van der Waals surface area contributed by atoms with Gasteiger partial charge in [-0.05, 0) is 25.1 Å². The molecule has 0 bridgehead atoms. The fraction of sp³-hybridized carbons (Fsp3) is 0.357. The summed E-state index contributed by atoms with van der Waals surface area (Å²) in [5, 5.41) is 5.48. The van der Waals surface area contributed by atoms with Crippen molar-refractivity contribution in [3.8, 4) is 11.5 Å². The van der Waals surface area contributed by atoms with Crippen molar-refractivity contribution in [1.82, 2.24) is 10.6 Å². The van der Waals surface area contributed by atoms with Gasteiger partial charge in [0.2, 0.25) is 0 Å². The molecule has 0 aliphatic heterocycles. The zero-order valence-electron chi connectivity index (χ0n) is 11.5. The molecule has 1 unspecified atom stereocenters. The first-order valence-corrected chi connectivity index (χ1v) is 5.99. The number of ether oxygens (including phenoxy) is 2. The second-order valence-electron chi connectivity index (χ2n) is 3.97. The lowest BCUT2D eigenvalue weighted by atomic mass is 10.1. The quantitative estimate of drug-likeness (QED) is 0.775. The number of rotatable bonds is 6. The monoisotopic (exact) mass is 264 g/mol. The average Bonchev–Trinajstić information content (AvgIpc) is 2.44. The van der Waals surface area contributed by atoms with Gasteiger partial charge in [0.1, 0.15) is 11.5 Å². The molecule has 1 atom stereocenters. The lowest BCUT2D eigenvalue weighted by molar-refractivity contribution is 0.238. The minimum absolute atomic E-state index is 0.199. The topological polar surface area (TPSA) is 59.6 Å². The van der Waals surface area contributed by atoms with Crippen LogP contribution in [-0.4, -0.2) is 26.8 Å². The predicted molar refractivity (Wildman–Crippen MR) is 74.7 cm³/mol. The summed E-state index contributed by atoms with van der Waals surface area (Å²) in [4.78, 5) is 11.6. The Morgan fingerprint density at radius 3 is 2.74 bits per heavy atom. The molecule has 5 nitrogen and oxygen atoms in total. The summed E-state index contributed by atoms with van der Waals surface area (Å²) in [6.07, 6.45) is 1.62. The van der Waals surface area contributed by atoms with Gasteiger partial charge in [0.15, 0.2) is 0 Å². The third-order valence-corrected chi connectivity index (χ3v) is 2.66. The molecule has 0 saturated carbocycles. The first-order chi connectivity index (χ1) is 9.12. The van der Waals surface area contributed by atoms with Crippen molar-refractivity contribution in [2.75, 3.05) is 20.8 Å². The van der Waals surface area contributed by atoms with Crippen LogP contribution < -0.4 is 20.1 Å². The lowest BCUT2D eigenvalue weighted by Gasteiger charge is -2.18. The van der Waals surface area contributed by atoms with E-state index in [-0.39, 0.29) is 12.1 Å². The molecule has 2 N–H and O–H groups in total. The smallest absolute Gasteiger partial charge is 0.315 e. The molecule has 0 aliphatic rings. The Labute approximate surface area is 113 Å². The van der Waals surface area contributed by atoms with Gasteiger partial charge in [-0.3, -0.25) is 0 Å². The van der Waals surface area contributed by atoms with Crippen LogP contribution >= 0.6 is 0 Å². The Kier molecular flexibility index (Phi) is 5.73. The number of hydrogen-bond donors (Lipinski definition) is 2. The molecule has 0 aromatic heterocycles. The molecular weight excluding hydrogens is 244 g/mol. The molecule has 1 aromatic carbocycles. The molecule has 0 saturated heterocycles. The maximum atomic E-state index is 11.6. The number of carbonyl (C=O) groups excluding carboxylic acids is 1. The van der Waals surface area contributed by atoms with E-state index in [2.05, 4.69) is 17.2 Å². The molecule has 0 fully saturated rings. The number of nitrogens with one attached hydrogen (secondary N) is 2. The van der Waals surface area contributed by atoms with Crippen LogP contribution in [0.25, 0.3) is 0 Å². The van der Waals surface area contributed by atoms with Gasteiger partial charge in [0, 0.05) is 12.1 Å². The van der Waals surface area contributed by atoms with Crippen LogP contribution in [0.5, 0.6) is 11.5 Å². The molecule has 0 aliphatic carbocycles. The summed E-state index contributed by atoms with van der Waals surface area (Å²) >= 11 is 0. The second kappa shape index (κ2) is 7.31. The minimum atomic E-state index is -0.253. The van der Waals surface area contributed by atoms with E-state index in [1.54, 1.807) is 20.3 Å². The van der Waals surface area contributed by atoms with Crippen molar-refractivity contribution in [2.24, 2.45) is 0 Å². The Hall–Kier alpha value is -2.17. The third-order valence-electron chi connectivity index (χ3n) is 2.66. The van der Waals surface area contributed by atoms with Crippen molar-refractivity contribution < 1.29 is 14.3 Å². The molecule has 1 rings (SSSR count). The van der Waals surface area contributed by atoms with Crippen LogP contribution in [0.1, 0.15) is 18.5 Å². The number of carbonyl (C=O) groups is 1. The van der Waals surface area contributed by atoms with E-state index >= 15 is 0 Å². The number of amides is 2. The largest absolute Gasteiger partial charge is 0.497 e. The van der Waals surface area contributed by atoms with Gasteiger partial charge in [-0.25, -0.2) is 4.79 Å². The Morgan fingerprint density at radius 1 is 1.42 bits per heavy atom. The molecule has 0 heterocycles. The average molecular weight is 264 g/mol. The molecule has 104 valence electrons. The summed E-state index contributed by atoms with van der Waals surface area (Å²) in [6, 6.07) is 5.02.